The monoisotopic (exact) mass is 343 g/mol. The molecule has 0 aromatic carbocycles. The number of anilines is 1. The molecule has 1 aliphatic heterocycles. The molecule has 0 saturated carbocycles. The van der Waals surface area contributed by atoms with E-state index in [0.29, 0.717) is 29.8 Å². The maximum Gasteiger partial charge on any atom is 0.327 e. The molecule has 1 aliphatic carbocycles. The van der Waals surface area contributed by atoms with Crippen LogP contribution in [0.25, 0.3) is 0 Å². The Kier molecular flexibility index (Phi) is 3.18. The van der Waals surface area contributed by atoms with Crippen molar-refractivity contribution in [2.24, 2.45) is 5.41 Å². The van der Waals surface area contributed by atoms with Crippen molar-refractivity contribution >= 4 is 22.9 Å². The Morgan fingerprint density at radius 2 is 1.96 bits per heavy atom. The van der Waals surface area contributed by atoms with Gasteiger partial charge in [-0.3, -0.25) is 19.6 Å². The fourth-order valence-electron chi connectivity index (χ4n) is 3.69. The van der Waals surface area contributed by atoms with Crippen molar-refractivity contribution in [3.8, 4) is 0 Å². The first-order valence-electron chi connectivity index (χ1n) is 7.79. The fourth-order valence-corrected chi connectivity index (χ4v) is 4.53. The number of Topliss-reactive ketones (excluding diaryl/α,β-unsaturated/α-hetero) is 1. The number of ketones is 1. The van der Waals surface area contributed by atoms with E-state index >= 15 is 0 Å². The quantitative estimate of drug-likeness (QED) is 0.740. The Bertz CT molecular complexity index is 979. The second-order valence-electron chi connectivity index (χ2n) is 7.10. The average molecular weight is 343 g/mol. The molecule has 0 amide bonds. The van der Waals surface area contributed by atoms with Crippen molar-refractivity contribution in [3.63, 3.8) is 0 Å². The molecule has 0 spiro atoms. The summed E-state index contributed by atoms with van der Waals surface area (Å²) in [5.41, 5.74) is 0.710. The number of aromatic nitrogens is 2. The van der Waals surface area contributed by atoms with Crippen molar-refractivity contribution < 1.29 is 4.79 Å². The summed E-state index contributed by atoms with van der Waals surface area (Å²) in [5, 5.41) is 5.07. The normalized spacial score (nSPS) is 21.9. The Balaban J connectivity index is 2.01. The minimum absolute atomic E-state index is 0.0587. The summed E-state index contributed by atoms with van der Waals surface area (Å²) in [7, 11) is 0. The lowest BCUT2D eigenvalue weighted by molar-refractivity contribution is -0.118. The maximum atomic E-state index is 12.9. The van der Waals surface area contributed by atoms with Crippen molar-refractivity contribution in [1.82, 2.24) is 9.97 Å². The molecule has 0 saturated heterocycles. The summed E-state index contributed by atoms with van der Waals surface area (Å²) >= 11 is 1.50. The topological polar surface area (TPSA) is 94.8 Å². The van der Waals surface area contributed by atoms with Crippen LogP contribution in [0.4, 0.5) is 5.82 Å². The number of fused-ring (bicyclic) bond motifs is 1. The number of aromatic amines is 2. The van der Waals surface area contributed by atoms with Gasteiger partial charge in [0.1, 0.15) is 5.82 Å². The van der Waals surface area contributed by atoms with Crippen LogP contribution in [0.5, 0.6) is 0 Å². The number of rotatable bonds is 1. The Hall–Kier alpha value is -2.41. The molecular formula is C17H17N3O3S. The van der Waals surface area contributed by atoms with E-state index in [2.05, 4.69) is 15.3 Å². The van der Waals surface area contributed by atoms with Gasteiger partial charge >= 0.3 is 5.69 Å². The molecule has 7 heteroatoms. The van der Waals surface area contributed by atoms with Crippen LogP contribution in [0.3, 0.4) is 0 Å². The standard InChI is InChI=1S/C17H17N3O3S/c1-17(2)6-8-11(9(21)7-17)12(10-4-3-5-24-10)13-14(18-8)19-16(23)20-15(13)22/h3-5,12H,6-7H2,1-2H3,(H3,18,19,20,22,23)/t12-/m1/s1. The number of allylic oxidation sites excluding steroid dienone is 2. The molecule has 4 rings (SSSR count). The van der Waals surface area contributed by atoms with Gasteiger partial charge in [0.15, 0.2) is 5.78 Å². The summed E-state index contributed by atoms with van der Waals surface area (Å²) in [4.78, 5) is 42.9. The second kappa shape index (κ2) is 5.04. The molecule has 1 atom stereocenters. The first-order chi connectivity index (χ1) is 11.4. The minimum atomic E-state index is -0.554. The highest BCUT2D eigenvalue weighted by atomic mass is 32.1. The molecule has 124 valence electrons. The number of H-pyrrole nitrogens is 2. The van der Waals surface area contributed by atoms with Gasteiger partial charge in [-0.2, -0.15) is 0 Å². The first-order valence-corrected chi connectivity index (χ1v) is 8.67. The van der Waals surface area contributed by atoms with Gasteiger partial charge in [-0.05, 0) is 23.3 Å². The van der Waals surface area contributed by atoms with Gasteiger partial charge < -0.3 is 5.32 Å². The molecule has 24 heavy (non-hydrogen) atoms. The molecule has 3 heterocycles. The van der Waals surface area contributed by atoms with E-state index in [0.717, 1.165) is 10.6 Å². The molecule has 6 nitrogen and oxygen atoms in total. The number of thiophene rings is 1. The van der Waals surface area contributed by atoms with Crippen LogP contribution >= 0.6 is 11.3 Å². The van der Waals surface area contributed by atoms with Crippen LogP contribution in [0.1, 0.15) is 43.0 Å². The van der Waals surface area contributed by atoms with E-state index in [9.17, 15) is 14.4 Å². The van der Waals surface area contributed by atoms with Gasteiger partial charge in [-0.1, -0.05) is 19.9 Å². The van der Waals surface area contributed by atoms with E-state index < -0.39 is 17.2 Å². The Morgan fingerprint density at radius 3 is 2.67 bits per heavy atom. The third-order valence-electron chi connectivity index (χ3n) is 4.58. The Morgan fingerprint density at radius 1 is 1.17 bits per heavy atom. The lowest BCUT2D eigenvalue weighted by Gasteiger charge is -2.38. The number of carbonyl (C=O) groups is 1. The van der Waals surface area contributed by atoms with E-state index in [1.165, 1.54) is 11.3 Å². The van der Waals surface area contributed by atoms with Gasteiger partial charge in [0.25, 0.3) is 5.56 Å². The third kappa shape index (κ3) is 2.27. The molecule has 0 fully saturated rings. The number of hydrogen-bond donors (Lipinski definition) is 3. The van der Waals surface area contributed by atoms with Crippen LogP contribution in [-0.4, -0.2) is 15.8 Å². The smallest absolute Gasteiger partial charge is 0.327 e. The van der Waals surface area contributed by atoms with Crippen LogP contribution < -0.4 is 16.6 Å². The number of nitrogens with one attached hydrogen (secondary N) is 3. The molecule has 2 aromatic heterocycles. The van der Waals surface area contributed by atoms with Crippen LogP contribution in [0, 0.1) is 5.41 Å². The zero-order valence-electron chi connectivity index (χ0n) is 13.4. The highest BCUT2D eigenvalue weighted by Gasteiger charge is 2.42. The summed E-state index contributed by atoms with van der Waals surface area (Å²) in [6.45, 7) is 4.10. The molecule has 2 aromatic rings. The largest absolute Gasteiger partial charge is 0.344 e. The van der Waals surface area contributed by atoms with Gasteiger partial charge in [0.05, 0.1) is 11.5 Å². The zero-order chi connectivity index (χ0) is 17.1. The molecule has 3 N–H and O–H groups in total. The minimum Gasteiger partial charge on any atom is -0.344 e. The number of hydrogen-bond acceptors (Lipinski definition) is 5. The van der Waals surface area contributed by atoms with Crippen LogP contribution in [0.15, 0.2) is 38.4 Å². The zero-order valence-corrected chi connectivity index (χ0v) is 14.2. The van der Waals surface area contributed by atoms with E-state index in [4.69, 9.17) is 0 Å². The van der Waals surface area contributed by atoms with Gasteiger partial charge in [-0.15, -0.1) is 11.3 Å². The highest BCUT2D eigenvalue weighted by molar-refractivity contribution is 7.10. The third-order valence-corrected chi connectivity index (χ3v) is 5.52. The summed E-state index contributed by atoms with van der Waals surface area (Å²) in [6.07, 6.45) is 1.15. The summed E-state index contributed by atoms with van der Waals surface area (Å²) in [6, 6.07) is 3.83. The molecule has 0 bridgehead atoms. The summed E-state index contributed by atoms with van der Waals surface area (Å²) < 4.78 is 0. The fraction of sp³-hybridized carbons (Fsp3) is 0.353. The van der Waals surface area contributed by atoms with Crippen LogP contribution in [0.2, 0.25) is 0 Å². The van der Waals surface area contributed by atoms with E-state index in [1.807, 2.05) is 31.4 Å². The van der Waals surface area contributed by atoms with Crippen molar-refractivity contribution in [2.75, 3.05) is 5.32 Å². The number of carbonyl (C=O) groups excluding carboxylic acids is 1. The SMILES string of the molecule is CC1(C)CC(=O)C2=C(C1)Nc1[nH]c(=O)[nH]c(=O)c1[C@@H]2c1cccs1. The lowest BCUT2D eigenvalue weighted by Crippen LogP contribution is -2.38. The highest BCUT2D eigenvalue weighted by Crippen LogP contribution is 2.47. The van der Waals surface area contributed by atoms with Crippen LogP contribution in [-0.2, 0) is 4.79 Å². The second-order valence-corrected chi connectivity index (χ2v) is 8.08. The predicted molar refractivity (Wildman–Crippen MR) is 92.5 cm³/mol. The molecule has 0 unspecified atom stereocenters. The van der Waals surface area contributed by atoms with Gasteiger partial charge in [-0.25, -0.2) is 4.79 Å². The predicted octanol–water partition coefficient (Wildman–Crippen LogP) is 2.33. The van der Waals surface area contributed by atoms with E-state index in [1.54, 1.807) is 0 Å². The van der Waals surface area contributed by atoms with Gasteiger partial charge in [0, 0.05) is 22.6 Å². The van der Waals surface area contributed by atoms with E-state index in [-0.39, 0.29) is 11.2 Å². The lowest BCUT2D eigenvalue weighted by atomic mass is 9.70. The first kappa shape index (κ1) is 15.1. The molecule has 0 radical (unpaired) electrons. The molecule has 2 aliphatic rings. The maximum absolute atomic E-state index is 12.9. The van der Waals surface area contributed by atoms with Crippen molar-refractivity contribution in [2.45, 2.75) is 32.6 Å². The average Bonchev–Trinajstić information content (AvgIpc) is 2.96. The van der Waals surface area contributed by atoms with Crippen molar-refractivity contribution in [3.05, 3.63) is 60.1 Å². The Labute approximate surface area is 141 Å². The van der Waals surface area contributed by atoms with Gasteiger partial charge in [0.2, 0.25) is 0 Å². The van der Waals surface area contributed by atoms with Crippen molar-refractivity contribution in [1.29, 1.82) is 0 Å². The molecular weight excluding hydrogens is 326 g/mol. The summed E-state index contributed by atoms with van der Waals surface area (Å²) in [5.74, 6) is 0.0234.